The Morgan fingerprint density at radius 1 is 1.27 bits per heavy atom. The fourth-order valence-electron chi connectivity index (χ4n) is 1.47. The summed E-state index contributed by atoms with van der Waals surface area (Å²) >= 11 is 4.08. The van der Waals surface area contributed by atoms with Gasteiger partial charge in [-0.05, 0) is 31.8 Å². The molecule has 0 heterocycles. The molecule has 0 amide bonds. The van der Waals surface area contributed by atoms with E-state index in [9.17, 15) is 0 Å². The lowest BCUT2D eigenvalue weighted by molar-refractivity contribution is 0.146. The Hall–Kier alpha value is -0.410. The minimum Gasteiger partial charge on any atom is -0.385 e. The lowest BCUT2D eigenvalue weighted by atomic mass is 10.1. The van der Waals surface area contributed by atoms with Gasteiger partial charge in [0.25, 0.3) is 0 Å². The van der Waals surface area contributed by atoms with Crippen LogP contribution in [-0.4, -0.2) is 25.5 Å². The topological polar surface area (TPSA) is 21.3 Å². The summed E-state index contributed by atoms with van der Waals surface area (Å²) in [5.74, 6) is 0.815. The molecule has 0 fully saturated rings. The first-order valence-corrected chi connectivity index (χ1v) is 6.36. The number of thiol groups is 1. The molecule has 0 aliphatic heterocycles. The molecule has 1 aliphatic carbocycles. The van der Waals surface area contributed by atoms with Crippen molar-refractivity contribution in [2.24, 2.45) is 0 Å². The molecule has 0 saturated heterocycles. The molecular formula is C12H21NOS. The van der Waals surface area contributed by atoms with Crippen LogP contribution in [0.1, 0.15) is 25.7 Å². The SMILES string of the molecule is SCCOCCCCNC1=CCCC=C1. The van der Waals surface area contributed by atoms with E-state index >= 15 is 0 Å². The van der Waals surface area contributed by atoms with Crippen molar-refractivity contribution in [3.63, 3.8) is 0 Å². The molecule has 0 saturated carbocycles. The molecule has 3 heteroatoms. The Morgan fingerprint density at radius 2 is 2.20 bits per heavy atom. The van der Waals surface area contributed by atoms with E-state index in [0.29, 0.717) is 0 Å². The van der Waals surface area contributed by atoms with E-state index in [4.69, 9.17) is 4.74 Å². The minimum atomic E-state index is 0.768. The lowest BCUT2D eigenvalue weighted by Gasteiger charge is -2.10. The zero-order chi connectivity index (χ0) is 10.8. The maximum Gasteiger partial charge on any atom is 0.0554 e. The number of hydrogen-bond acceptors (Lipinski definition) is 3. The van der Waals surface area contributed by atoms with Crippen molar-refractivity contribution in [2.75, 3.05) is 25.5 Å². The van der Waals surface area contributed by atoms with Crippen LogP contribution >= 0.6 is 12.6 Å². The standard InChI is InChI=1S/C12H21NOS/c15-11-10-14-9-5-4-8-13-12-6-2-1-3-7-12/h2,6-7,13,15H,1,3-5,8-11H2. The van der Waals surface area contributed by atoms with Gasteiger partial charge in [-0.25, -0.2) is 0 Å². The fourth-order valence-corrected chi connectivity index (χ4v) is 1.60. The Morgan fingerprint density at radius 3 is 2.93 bits per heavy atom. The number of rotatable bonds is 8. The second-order valence-electron chi connectivity index (χ2n) is 3.61. The zero-order valence-corrected chi connectivity index (χ0v) is 10.1. The van der Waals surface area contributed by atoms with Gasteiger partial charge in [0.1, 0.15) is 0 Å². The quantitative estimate of drug-likeness (QED) is 0.491. The molecule has 0 aromatic carbocycles. The molecule has 0 aromatic rings. The van der Waals surface area contributed by atoms with Gasteiger partial charge in [-0.2, -0.15) is 12.6 Å². The molecule has 0 aromatic heterocycles. The first-order chi connectivity index (χ1) is 7.43. The van der Waals surface area contributed by atoms with Crippen molar-refractivity contribution < 1.29 is 4.74 Å². The number of unbranched alkanes of at least 4 members (excludes halogenated alkanes) is 1. The van der Waals surface area contributed by atoms with Crippen molar-refractivity contribution in [3.8, 4) is 0 Å². The smallest absolute Gasteiger partial charge is 0.0554 e. The van der Waals surface area contributed by atoms with Crippen LogP contribution in [0.5, 0.6) is 0 Å². The van der Waals surface area contributed by atoms with Crippen molar-refractivity contribution >= 4 is 12.6 Å². The van der Waals surface area contributed by atoms with Gasteiger partial charge in [-0.15, -0.1) is 0 Å². The summed E-state index contributed by atoms with van der Waals surface area (Å²) in [6.07, 6.45) is 11.3. The van der Waals surface area contributed by atoms with Crippen molar-refractivity contribution in [2.45, 2.75) is 25.7 Å². The van der Waals surface area contributed by atoms with Crippen LogP contribution in [0.3, 0.4) is 0 Å². The Kier molecular flexibility index (Phi) is 7.48. The second-order valence-corrected chi connectivity index (χ2v) is 4.06. The first-order valence-electron chi connectivity index (χ1n) is 5.72. The molecule has 86 valence electrons. The van der Waals surface area contributed by atoms with E-state index in [2.05, 4.69) is 36.2 Å². The normalized spacial score (nSPS) is 15.1. The van der Waals surface area contributed by atoms with Gasteiger partial charge in [0.05, 0.1) is 6.61 Å². The molecule has 15 heavy (non-hydrogen) atoms. The predicted octanol–water partition coefficient (Wildman–Crippen LogP) is 2.54. The summed E-state index contributed by atoms with van der Waals surface area (Å²) < 4.78 is 5.34. The number of allylic oxidation sites excluding steroid dienone is 3. The lowest BCUT2D eigenvalue weighted by Crippen LogP contribution is -2.15. The van der Waals surface area contributed by atoms with Gasteiger partial charge in [-0.1, -0.05) is 12.2 Å². The molecule has 1 aliphatic rings. The van der Waals surface area contributed by atoms with Gasteiger partial charge in [-0.3, -0.25) is 0 Å². The molecule has 0 spiro atoms. The third-order valence-corrected chi connectivity index (χ3v) is 2.46. The fraction of sp³-hybridized carbons (Fsp3) is 0.667. The first kappa shape index (κ1) is 12.7. The molecular weight excluding hydrogens is 206 g/mol. The monoisotopic (exact) mass is 227 g/mol. The molecule has 1 rings (SSSR count). The van der Waals surface area contributed by atoms with Crippen LogP contribution in [-0.2, 0) is 4.74 Å². The van der Waals surface area contributed by atoms with Gasteiger partial charge in [0, 0.05) is 24.6 Å². The van der Waals surface area contributed by atoms with Crippen LogP contribution in [0.4, 0.5) is 0 Å². The molecule has 0 radical (unpaired) electrons. The van der Waals surface area contributed by atoms with E-state index < -0.39 is 0 Å². The summed E-state index contributed by atoms with van der Waals surface area (Å²) in [5.41, 5.74) is 1.28. The van der Waals surface area contributed by atoms with E-state index in [1.54, 1.807) is 0 Å². The minimum absolute atomic E-state index is 0.768. The molecule has 1 N–H and O–H groups in total. The van der Waals surface area contributed by atoms with E-state index in [1.165, 1.54) is 18.5 Å². The average Bonchev–Trinajstić information content (AvgIpc) is 2.29. The molecule has 2 nitrogen and oxygen atoms in total. The van der Waals surface area contributed by atoms with Crippen LogP contribution in [0.2, 0.25) is 0 Å². The Bertz CT molecular complexity index is 214. The van der Waals surface area contributed by atoms with E-state index in [-0.39, 0.29) is 0 Å². The van der Waals surface area contributed by atoms with Gasteiger partial charge in [0.2, 0.25) is 0 Å². The third-order valence-electron chi connectivity index (χ3n) is 2.28. The van der Waals surface area contributed by atoms with E-state index in [0.717, 1.165) is 38.4 Å². The Balaban J connectivity index is 1.88. The summed E-state index contributed by atoms with van der Waals surface area (Å²) in [6, 6.07) is 0. The van der Waals surface area contributed by atoms with Crippen LogP contribution < -0.4 is 5.32 Å². The summed E-state index contributed by atoms with van der Waals surface area (Å²) in [7, 11) is 0. The summed E-state index contributed by atoms with van der Waals surface area (Å²) in [5, 5.41) is 3.42. The van der Waals surface area contributed by atoms with E-state index in [1.807, 2.05) is 0 Å². The number of ether oxygens (including phenoxy) is 1. The van der Waals surface area contributed by atoms with Crippen molar-refractivity contribution in [1.29, 1.82) is 0 Å². The summed E-state index contributed by atoms with van der Waals surface area (Å²) in [4.78, 5) is 0. The predicted molar refractivity (Wildman–Crippen MR) is 68.4 cm³/mol. The highest BCUT2D eigenvalue weighted by Gasteiger charge is 1.95. The third kappa shape index (κ3) is 6.63. The molecule has 0 bridgehead atoms. The maximum absolute atomic E-state index is 5.34. The summed E-state index contributed by atoms with van der Waals surface area (Å²) in [6.45, 7) is 2.67. The van der Waals surface area contributed by atoms with Crippen LogP contribution in [0.15, 0.2) is 23.9 Å². The van der Waals surface area contributed by atoms with Gasteiger partial charge in [0.15, 0.2) is 0 Å². The van der Waals surface area contributed by atoms with Crippen LogP contribution in [0, 0.1) is 0 Å². The van der Waals surface area contributed by atoms with Crippen LogP contribution in [0.25, 0.3) is 0 Å². The largest absolute Gasteiger partial charge is 0.385 e. The number of nitrogens with one attached hydrogen (secondary N) is 1. The van der Waals surface area contributed by atoms with Crippen molar-refractivity contribution in [3.05, 3.63) is 23.9 Å². The average molecular weight is 227 g/mol. The maximum atomic E-state index is 5.34. The highest BCUT2D eigenvalue weighted by Crippen LogP contribution is 2.06. The van der Waals surface area contributed by atoms with Crippen molar-refractivity contribution in [1.82, 2.24) is 5.32 Å². The highest BCUT2D eigenvalue weighted by molar-refractivity contribution is 7.80. The Labute approximate surface area is 98.2 Å². The zero-order valence-electron chi connectivity index (χ0n) is 9.24. The highest BCUT2D eigenvalue weighted by atomic mass is 32.1. The molecule has 0 unspecified atom stereocenters. The number of hydrogen-bond donors (Lipinski definition) is 2. The van der Waals surface area contributed by atoms with Gasteiger partial charge < -0.3 is 10.1 Å². The molecule has 0 atom stereocenters. The second kappa shape index (κ2) is 8.86. The van der Waals surface area contributed by atoms with Gasteiger partial charge >= 0.3 is 0 Å².